The maximum Gasteiger partial charge on any atom is 0.331 e. The van der Waals surface area contributed by atoms with Crippen molar-refractivity contribution in [1.29, 1.82) is 0 Å². The first-order valence-corrected chi connectivity index (χ1v) is 6.33. The fourth-order valence-corrected chi connectivity index (χ4v) is 1.39. The fourth-order valence-electron chi connectivity index (χ4n) is 1.39. The summed E-state index contributed by atoms with van der Waals surface area (Å²) in [5, 5.41) is 13.4. The maximum atomic E-state index is 11.6. The first kappa shape index (κ1) is 17.2. The highest BCUT2D eigenvalue weighted by molar-refractivity contribution is 6.07. The van der Waals surface area contributed by atoms with Crippen LogP contribution in [0.5, 0.6) is 0 Å². The van der Waals surface area contributed by atoms with E-state index in [2.05, 4.69) is 10.6 Å². The molecule has 0 aliphatic heterocycles. The van der Waals surface area contributed by atoms with E-state index < -0.39 is 17.9 Å². The topological polar surface area (TPSA) is 95.5 Å². The van der Waals surface area contributed by atoms with Gasteiger partial charge in [0, 0.05) is 17.7 Å². The number of amides is 3. The third kappa shape index (κ3) is 6.03. The third-order valence-electron chi connectivity index (χ3n) is 3.16. The van der Waals surface area contributed by atoms with E-state index in [1.54, 1.807) is 0 Å². The van der Waals surface area contributed by atoms with Crippen LogP contribution in [0.2, 0.25) is 0 Å². The van der Waals surface area contributed by atoms with Gasteiger partial charge in [0.2, 0.25) is 0 Å². The molecule has 0 saturated heterocycles. The zero-order valence-electron chi connectivity index (χ0n) is 11.9. The van der Waals surface area contributed by atoms with Crippen molar-refractivity contribution in [2.24, 2.45) is 5.92 Å². The van der Waals surface area contributed by atoms with E-state index in [1.165, 1.54) is 13.8 Å². The van der Waals surface area contributed by atoms with E-state index in [0.717, 1.165) is 12.8 Å². The molecule has 0 fully saturated rings. The molecule has 0 radical (unpaired) electrons. The van der Waals surface area contributed by atoms with Gasteiger partial charge in [-0.25, -0.2) is 9.59 Å². The van der Waals surface area contributed by atoms with Gasteiger partial charge in [-0.05, 0) is 19.8 Å². The molecule has 0 rings (SSSR count). The number of carbonyl (C=O) groups excluding carboxylic acids is 2. The van der Waals surface area contributed by atoms with E-state index in [9.17, 15) is 14.4 Å². The molecule has 3 amide bonds. The van der Waals surface area contributed by atoms with Gasteiger partial charge >= 0.3 is 12.0 Å². The van der Waals surface area contributed by atoms with Crippen molar-refractivity contribution in [3.05, 3.63) is 11.1 Å². The van der Waals surface area contributed by atoms with Gasteiger partial charge in [-0.3, -0.25) is 10.1 Å². The molecule has 0 aromatic heterocycles. The number of hydrogen-bond donors (Lipinski definition) is 3. The molecular weight excluding hydrogens is 248 g/mol. The molecule has 0 unspecified atom stereocenters. The predicted molar refractivity (Wildman–Crippen MR) is 71.6 cm³/mol. The second-order valence-corrected chi connectivity index (χ2v) is 4.40. The van der Waals surface area contributed by atoms with Gasteiger partial charge in [0.15, 0.2) is 0 Å². The first-order chi connectivity index (χ1) is 8.83. The lowest BCUT2D eigenvalue weighted by molar-refractivity contribution is -0.133. The van der Waals surface area contributed by atoms with Crippen LogP contribution >= 0.6 is 0 Å². The van der Waals surface area contributed by atoms with Crippen molar-refractivity contribution >= 4 is 17.9 Å². The Bertz CT molecular complexity index is 384. The van der Waals surface area contributed by atoms with E-state index in [-0.39, 0.29) is 11.1 Å². The van der Waals surface area contributed by atoms with Gasteiger partial charge in [0.05, 0.1) is 0 Å². The number of rotatable bonds is 6. The van der Waals surface area contributed by atoms with Crippen molar-refractivity contribution in [1.82, 2.24) is 10.6 Å². The second kappa shape index (κ2) is 8.29. The Labute approximate surface area is 113 Å². The van der Waals surface area contributed by atoms with Crippen LogP contribution in [0.25, 0.3) is 0 Å². The summed E-state index contributed by atoms with van der Waals surface area (Å²) >= 11 is 0. The lowest BCUT2D eigenvalue weighted by atomic mass is 10.0. The minimum atomic E-state index is -1.18. The van der Waals surface area contributed by atoms with Crippen molar-refractivity contribution < 1.29 is 19.5 Å². The van der Waals surface area contributed by atoms with Crippen LogP contribution < -0.4 is 10.6 Å². The highest BCUT2D eigenvalue weighted by Gasteiger charge is 2.15. The summed E-state index contributed by atoms with van der Waals surface area (Å²) in [5.74, 6) is -1.50. The molecule has 6 nitrogen and oxygen atoms in total. The Morgan fingerprint density at radius 3 is 2.00 bits per heavy atom. The summed E-state index contributed by atoms with van der Waals surface area (Å²) in [6, 6.07) is -0.602. The number of nitrogens with one attached hydrogen (secondary N) is 2. The van der Waals surface area contributed by atoms with Crippen LogP contribution in [0.4, 0.5) is 4.79 Å². The summed E-state index contributed by atoms with van der Waals surface area (Å²) in [5.41, 5.74) is -0.0597. The Morgan fingerprint density at radius 2 is 1.58 bits per heavy atom. The molecule has 0 saturated carbocycles. The summed E-state index contributed by atoms with van der Waals surface area (Å²) in [4.78, 5) is 33.7. The first-order valence-electron chi connectivity index (χ1n) is 6.33. The summed E-state index contributed by atoms with van der Waals surface area (Å²) in [7, 11) is 0. The van der Waals surface area contributed by atoms with Crippen LogP contribution in [0.3, 0.4) is 0 Å². The van der Waals surface area contributed by atoms with Crippen molar-refractivity contribution in [3.63, 3.8) is 0 Å². The van der Waals surface area contributed by atoms with Crippen LogP contribution in [-0.2, 0) is 9.59 Å². The number of urea groups is 1. The van der Waals surface area contributed by atoms with Gasteiger partial charge in [-0.1, -0.05) is 26.7 Å². The van der Waals surface area contributed by atoms with Crippen molar-refractivity contribution in [2.75, 3.05) is 6.54 Å². The van der Waals surface area contributed by atoms with Gasteiger partial charge in [0.25, 0.3) is 5.91 Å². The molecule has 19 heavy (non-hydrogen) atoms. The number of imide groups is 1. The normalized spacial score (nSPS) is 11.8. The molecule has 6 heteroatoms. The Balaban J connectivity index is 4.39. The largest absolute Gasteiger partial charge is 0.478 e. The van der Waals surface area contributed by atoms with Crippen LogP contribution in [0.15, 0.2) is 11.1 Å². The molecule has 3 N–H and O–H groups in total. The number of carbonyl (C=O) groups is 3. The second-order valence-electron chi connectivity index (χ2n) is 4.40. The van der Waals surface area contributed by atoms with Gasteiger partial charge in [-0.2, -0.15) is 0 Å². The van der Waals surface area contributed by atoms with Crippen molar-refractivity contribution in [3.8, 4) is 0 Å². The summed E-state index contributed by atoms with van der Waals surface area (Å²) < 4.78 is 0. The molecule has 0 aromatic rings. The third-order valence-corrected chi connectivity index (χ3v) is 3.16. The lowest BCUT2D eigenvalue weighted by Crippen LogP contribution is -2.42. The van der Waals surface area contributed by atoms with E-state index in [1.807, 2.05) is 13.8 Å². The predicted octanol–water partition coefficient (Wildman–Crippen LogP) is 1.67. The summed E-state index contributed by atoms with van der Waals surface area (Å²) in [6.07, 6.45) is 1.89. The van der Waals surface area contributed by atoms with E-state index in [0.29, 0.717) is 12.5 Å². The minimum Gasteiger partial charge on any atom is -0.478 e. The molecule has 0 heterocycles. The number of carboxylic acids is 1. The molecule has 108 valence electrons. The van der Waals surface area contributed by atoms with Crippen molar-refractivity contribution in [2.45, 2.75) is 40.5 Å². The highest BCUT2D eigenvalue weighted by atomic mass is 16.4. The monoisotopic (exact) mass is 270 g/mol. The molecule has 0 aromatic carbocycles. The zero-order chi connectivity index (χ0) is 15.0. The van der Waals surface area contributed by atoms with Crippen LogP contribution in [-0.4, -0.2) is 29.6 Å². The number of aliphatic carboxylic acids is 1. The molecule has 0 spiro atoms. The fraction of sp³-hybridized carbons (Fsp3) is 0.615. The smallest absolute Gasteiger partial charge is 0.331 e. The van der Waals surface area contributed by atoms with Gasteiger partial charge in [0.1, 0.15) is 0 Å². The SMILES string of the molecule is CCC(CC)CNC(=O)NC(=O)C(C)=C(C)C(=O)O. The molecular formula is C13H22N2O4. The molecule has 0 bridgehead atoms. The zero-order valence-corrected chi connectivity index (χ0v) is 11.9. The molecule has 0 aliphatic carbocycles. The number of carboxylic acid groups (broad SMARTS) is 1. The average Bonchev–Trinajstić information content (AvgIpc) is 2.37. The Morgan fingerprint density at radius 1 is 1.05 bits per heavy atom. The standard InChI is InChI=1S/C13H22N2O4/c1-5-10(6-2)7-14-13(19)15-11(16)8(3)9(4)12(17)18/h10H,5-7H2,1-4H3,(H,17,18)(H2,14,15,16,19). The van der Waals surface area contributed by atoms with E-state index in [4.69, 9.17) is 5.11 Å². The van der Waals surface area contributed by atoms with E-state index >= 15 is 0 Å². The lowest BCUT2D eigenvalue weighted by Gasteiger charge is -2.13. The Hall–Kier alpha value is -1.85. The van der Waals surface area contributed by atoms with Crippen LogP contribution in [0, 0.1) is 5.92 Å². The minimum absolute atomic E-state index is 0.0187. The van der Waals surface area contributed by atoms with Gasteiger partial charge in [-0.15, -0.1) is 0 Å². The number of hydrogen-bond acceptors (Lipinski definition) is 3. The Kier molecular flexibility index (Phi) is 7.48. The maximum absolute atomic E-state index is 11.6. The van der Waals surface area contributed by atoms with Crippen LogP contribution in [0.1, 0.15) is 40.5 Å². The highest BCUT2D eigenvalue weighted by Crippen LogP contribution is 2.05. The quantitative estimate of drug-likeness (QED) is 0.640. The summed E-state index contributed by atoms with van der Waals surface area (Å²) in [6.45, 7) is 7.24. The molecule has 0 atom stereocenters. The average molecular weight is 270 g/mol. The van der Waals surface area contributed by atoms with Gasteiger partial charge < -0.3 is 10.4 Å². The molecule has 0 aliphatic rings.